The molecule has 1 heterocycles. The molecule has 3 aromatic rings. The number of phenolic OH excluding ortho intramolecular Hbond substituents is 1. The maximum absolute atomic E-state index is 12.6. The first-order valence-electron chi connectivity index (χ1n) is 7.90. The Bertz CT molecular complexity index is 978. The van der Waals surface area contributed by atoms with Crippen molar-refractivity contribution in [2.75, 3.05) is 7.11 Å². The highest BCUT2D eigenvalue weighted by Gasteiger charge is 2.13. The van der Waals surface area contributed by atoms with Gasteiger partial charge in [0.05, 0.1) is 34.7 Å². The number of allylic oxidation sites excluding steroid dienone is 1. The van der Waals surface area contributed by atoms with Crippen LogP contribution in [0.15, 0.2) is 59.2 Å². The van der Waals surface area contributed by atoms with Crippen LogP contribution in [0.2, 0.25) is 0 Å². The van der Waals surface area contributed by atoms with Crippen LogP contribution in [0.1, 0.15) is 21.6 Å². The van der Waals surface area contributed by atoms with Crippen LogP contribution in [-0.2, 0) is 0 Å². The largest absolute Gasteiger partial charge is 0.503 e. The maximum atomic E-state index is 12.6. The van der Waals surface area contributed by atoms with Crippen molar-refractivity contribution in [3.8, 4) is 17.2 Å². The second-order valence-corrected chi connectivity index (χ2v) is 6.50. The fraction of sp³-hybridized carbons (Fsp3) is 0.100. The molecule has 1 aromatic heterocycles. The molecule has 0 bridgehead atoms. The Balaban J connectivity index is 1.86. The predicted octanol–water partition coefficient (Wildman–Crippen LogP) is 4.55. The number of rotatable bonds is 5. The third-order valence-corrected chi connectivity index (χ3v) is 4.58. The molecule has 5 nitrogen and oxygen atoms in total. The highest BCUT2D eigenvalue weighted by molar-refractivity contribution is 9.10. The minimum Gasteiger partial charge on any atom is -0.503 e. The molecule has 0 radical (unpaired) electrons. The Morgan fingerprint density at radius 2 is 2.00 bits per heavy atom. The number of ketones is 1. The summed E-state index contributed by atoms with van der Waals surface area (Å²) in [6.45, 7) is 1.86. The first kappa shape index (κ1) is 17.9. The van der Waals surface area contributed by atoms with Crippen molar-refractivity contribution in [1.29, 1.82) is 0 Å². The van der Waals surface area contributed by atoms with E-state index < -0.39 is 0 Å². The van der Waals surface area contributed by atoms with Crippen LogP contribution in [0, 0.1) is 6.92 Å². The van der Waals surface area contributed by atoms with Crippen LogP contribution < -0.4 is 4.74 Å². The van der Waals surface area contributed by atoms with Crippen molar-refractivity contribution in [2.24, 2.45) is 0 Å². The fourth-order valence-electron chi connectivity index (χ4n) is 2.59. The summed E-state index contributed by atoms with van der Waals surface area (Å²) in [6, 6.07) is 13.0. The zero-order chi connectivity index (χ0) is 18.7. The topological polar surface area (TPSA) is 64.3 Å². The van der Waals surface area contributed by atoms with Gasteiger partial charge in [0, 0.05) is 0 Å². The van der Waals surface area contributed by atoms with E-state index >= 15 is 0 Å². The van der Waals surface area contributed by atoms with Gasteiger partial charge in [-0.15, -0.1) is 0 Å². The van der Waals surface area contributed by atoms with Crippen LogP contribution in [0.5, 0.6) is 11.5 Å². The number of para-hydroxylation sites is 1. The third-order valence-electron chi connectivity index (χ3n) is 3.97. The molecule has 0 amide bonds. The number of aromatic hydroxyl groups is 1. The van der Waals surface area contributed by atoms with Gasteiger partial charge in [-0.25, -0.2) is 4.68 Å². The smallest absolute Gasteiger partial charge is 0.189 e. The van der Waals surface area contributed by atoms with Crippen molar-refractivity contribution in [3.05, 3.63) is 76.0 Å². The van der Waals surface area contributed by atoms with Crippen molar-refractivity contribution in [3.63, 3.8) is 0 Å². The molecule has 0 saturated carbocycles. The first-order chi connectivity index (χ1) is 12.5. The molecular weight excluding hydrogens is 396 g/mol. The van der Waals surface area contributed by atoms with E-state index in [2.05, 4.69) is 21.0 Å². The normalized spacial score (nSPS) is 11.0. The van der Waals surface area contributed by atoms with Crippen LogP contribution in [0.4, 0.5) is 0 Å². The molecule has 0 atom stereocenters. The van der Waals surface area contributed by atoms with E-state index in [1.807, 2.05) is 37.3 Å². The number of carbonyl (C=O) groups is 1. The zero-order valence-electron chi connectivity index (χ0n) is 14.3. The molecule has 2 aromatic carbocycles. The number of hydrogen-bond donors (Lipinski definition) is 1. The lowest BCUT2D eigenvalue weighted by Crippen LogP contribution is -2.01. The standard InChI is InChI=1S/C20H17BrN2O3/c1-13-16(12-22-23(13)15-6-4-3-5-7-15)18(24)9-8-14-10-17(21)20(25)19(11-14)26-2/h3-12,25H,1-2H3/b9-8+. The summed E-state index contributed by atoms with van der Waals surface area (Å²) in [5.41, 5.74) is 2.94. The van der Waals surface area contributed by atoms with Crippen LogP contribution in [0.3, 0.4) is 0 Å². The van der Waals surface area contributed by atoms with Gasteiger partial charge in [-0.1, -0.05) is 24.3 Å². The van der Waals surface area contributed by atoms with E-state index in [-0.39, 0.29) is 11.5 Å². The number of phenols is 1. The van der Waals surface area contributed by atoms with E-state index in [0.29, 0.717) is 15.8 Å². The highest BCUT2D eigenvalue weighted by atomic mass is 79.9. The van der Waals surface area contributed by atoms with Crippen molar-refractivity contribution >= 4 is 27.8 Å². The second kappa shape index (κ2) is 7.58. The number of carbonyl (C=O) groups excluding carboxylic acids is 1. The van der Waals surface area contributed by atoms with Gasteiger partial charge in [-0.2, -0.15) is 5.10 Å². The van der Waals surface area contributed by atoms with Gasteiger partial charge >= 0.3 is 0 Å². The molecule has 132 valence electrons. The number of hydrogen-bond acceptors (Lipinski definition) is 4. The molecule has 1 N–H and O–H groups in total. The van der Waals surface area contributed by atoms with Gasteiger partial charge in [0.1, 0.15) is 0 Å². The Morgan fingerprint density at radius 1 is 1.27 bits per heavy atom. The summed E-state index contributed by atoms with van der Waals surface area (Å²) in [5.74, 6) is 0.211. The van der Waals surface area contributed by atoms with Crippen molar-refractivity contribution in [2.45, 2.75) is 6.92 Å². The lowest BCUT2D eigenvalue weighted by molar-refractivity contribution is 0.104. The van der Waals surface area contributed by atoms with Crippen molar-refractivity contribution < 1.29 is 14.6 Å². The van der Waals surface area contributed by atoms with Gasteiger partial charge in [0.2, 0.25) is 0 Å². The summed E-state index contributed by atoms with van der Waals surface area (Å²) in [5, 5.41) is 14.2. The number of methoxy groups -OCH3 is 1. The van der Waals surface area contributed by atoms with Crippen molar-refractivity contribution in [1.82, 2.24) is 9.78 Å². The zero-order valence-corrected chi connectivity index (χ0v) is 15.9. The highest BCUT2D eigenvalue weighted by Crippen LogP contribution is 2.35. The monoisotopic (exact) mass is 412 g/mol. The summed E-state index contributed by atoms with van der Waals surface area (Å²) in [4.78, 5) is 12.6. The Morgan fingerprint density at radius 3 is 2.69 bits per heavy atom. The first-order valence-corrected chi connectivity index (χ1v) is 8.69. The van der Waals surface area contributed by atoms with Gasteiger partial charge in [-0.3, -0.25) is 4.79 Å². The quantitative estimate of drug-likeness (QED) is 0.492. The summed E-state index contributed by atoms with van der Waals surface area (Å²) in [6.07, 6.45) is 4.73. The molecule has 0 aliphatic heterocycles. The Labute approximate surface area is 159 Å². The molecule has 0 saturated heterocycles. The average Bonchev–Trinajstić information content (AvgIpc) is 3.04. The number of aromatic nitrogens is 2. The van der Waals surface area contributed by atoms with Crippen LogP contribution in [0.25, 0.3) is 11.8 Å². The maximum Gasteiger partial charge on any atom is 0.189 e. The molecule has 0 fully saturated rings. The summed E-state index contributed by atoms with van der Waals surface area (Å²) < 4.78 is 7.35. The number of ether oxygens (including phenoxy) is 1. The third kappa shape index (κ3) is 3.55. The molecular formula is C20H17BrN2O3. The summed E-state index contributed by atoms with van der Waals surface area (Å²) in [7, 11) is 1.47. The Hall–Kier alpha value is -2.86. The Kier molecular flexibility index (Phi) is 5.23. The van der Waals surface area contributed by atoms with E-state index in [4.69, 9.17) is 4.74 Å². The molecule has 0 aliphatic carbocycles. The molecule has 3 rings (SSSR count). The number of halogens is 1. The SMILES string of the molecule is COc1cc(/C=C/C(=O)c2cnn(-c3ccccc3)c2C)cc(Br)c1O. The number of nitrogens with zero attached hydrogens (tertiary/aromatic N) is 2. The lowest BCUT2D eigenvalue weighted by Gasteiger charge is -2.06. The minimum absolute atomic E-state index is 0.0240. The average molecular weight is 413 g/mol. The number of benzene rings is 2. The van der Waals surface area contributed by atoms with Crippen LogP contribution in [-0.4, -0.2) is 27.8 Å². The molecule has 26 heavy (non-hydrogen) atoms. The van der Waals surface area contributed by atoms with E-state index in [9.17, 15) is 9.90 Å². The molecule has 0 unspecified atom stereocenters. The lowest BCUT2D eigenvalue weighted by atomic mass is 10.1. The van der Waals surface area contributed by atoms with Gasteiger partial charge in [0.25, 0.3) is 0 Å². The molecule has 0 aliphatic rings. The van der Waals surface area contributed by atoms with E-state index in [1.54, 1.807) is 29.1 Å². The minimum atomic E-state index is -0.146. The van der Waals surface area contributed by atoms with Gasteiger partial charge < -0.3 is 9.84 Å². The van der Waals surface area contributed by atoms with Gasteiger partial charge in [-0.05, 0) is 58.8 Å². The summed E-state index contributed by atoms with van der Waals surface area (Å²) >= 11 is 3.27. The van der Waals surface area contributed by atoms with Crippen LogP contribution >= 0.6 is 15.9 Å². The van der Waals surface area contributed by atoms with E-state index in [0.717, 1.165) is 16.9 Å². The predicted molar refractivity (Wildman–Crippen MR) is 104 cm³/mol. The van der Waals surface area contributed by atoms with Gasteiger partial charge in [0.15, 0.2) is 17.3 Å². The molecule has 0 spiro atoms. The second-order valence-electron chi connectivity index (χ2n) is 5.64. The fourth-order valence-corrected chi connectivity index (χ4v) is 3.05. The molecule has 6 heteroatoms. The van der Waals surface area contributed by atoms with E-state index in [1.165, 1.54) is 13.2 Å².